The Morgan fingerprint density at radius 1 is 1.04 bits per heavy atom. The van der Waals surface area contributed by atoms with Crippen LogP contribution in [0.2, 0.25) is 0 Å². The van der Waals surface area contributed by atoms with Crippen molar-refractivity contribution >= 4 is 33.3 Å². The van der Waals surface area contributed by atoms with E-state index in [2.05, 4.69) is 27.4 Å². The number of rotatable bonds is 3. The number of hydrogen-bond donors (Lipinski definition) is 1. The van der Waals surface area contributed by atoms with E-state index >= 15 is 0 Å². The molecule has 5 heteroatoms. The van der Waals surface area contributed by atoms with Gasteiger partial charge in [-0.25, -0.2) is 9.97 Å². The molecule has 0 bridgehead atoms. The number of pyridine rings is 1. The number of benzene rings is 2. The van der Waals surface area contributed by atoms with Gasteiger partial charge in [0.15, 0.2) is 0 Å². The summed E-state index contributed by atoms with van der Waals surface area (Å²) >= 11 is 1.56. The molecule has 2 heterocycles. The van der Waals surface area contributed by atoms with Gasteiger partial charge in [0.25, 0.3) is 5.91 Å². The fraction of sp³-hybridized carbons (Fsp3) is 0.0952. The minimum Gasteiger partial charge on any atom is -0.307 e. The monoisotopic (exact) mass is 359 g/mol. The number of amides is 1. The molecule has 0 aliphatic heterocycles. The van der Waals surface area contributed by atoms with Crippen LogP contribution in [-0.2, 0) is 0 Å². The quantitative estimate of drug-likeness (QED) is 0.545. The highest BCUT2D eigenvalue weighted by atomic mass is 32.1. The second-order valence-electron chi connectivity index (χ2n) is 6.12. The first-order chi connectivity index (χ1) is 12.6. The summed E-state index contributed by atoms with van der Waals surface area (Å²) in [4.78, 5) is 21.5. The predicted octanol–water partition coefficient (Wildman–Crippen LogP) is 5.23. The SMILES string of the molecule is Cc1nc(NC(=O)c2ccc3scnc3c2)cc(-c2ccccc2)c1C. The van der Waals surface area contributed by atoms with Crippen LogP contribution in [0.1, 0.15) is 21.6 Å². The van der Waals surface area contributed by atoms with Crippen LogP contribution in [0.15, 0.2) is 60.1 Å². The highest BCUT2D eigenvalue weighted by molar-refractivity contribution is 7.16. The Balaban J connectivity index is 1.67. The van der Waals surface area contributed by atoms with E-state index in [4.69, 9.17) is 0 Å². The van der Waals surface area contributed by atoms with Gasteiger partial charge in [0, 0.05) is 11.3 Å². The lowest BCUT2D eigenvalue weighted by atomic mass is 10.00. The van der Waals surface area contributed by atoms with Crippen LogP contribution < -0.4 is 5.32 Å². The van der Waals surface area contributed by atoms with E-state index in [0.717, 1.165) is 32.6 Å². The zero-order valence-electron chi connectivity index (χ0n) is 14.5. The molecule has 2 aromatic carbocycles. The first-order valence-corrected chi connectivity index (χ1v) is 9.18. The molecule has 0 fully saturated rings. The topological polar surface area (TPSA) is 54.9 Å². The highest BCUT2D eigenvalue weighted by Crippen LogP contribution is 2.27. The molecule has 2 aromatic heterocycles. The number of aromatic nitrogens is 2. The van der Waals surface area contributed by atoms with Crippen molar-refractivity contribution in [2.45, 2.75) is 13.8 Å². The number of nitrogens with zero attached hydrogens (tertiary/aromatic N) is 2. The van der Waals surface area contributed by atoms with E-state index in [9.17, 15) is 4.79 Å². The third-order valence-electron chi connectivity index (χ3n) is 4.43. The predicted molar refractivity (Wildman–Crippen MR) is 107 cm³/mol. The molecule has 128 valence electrons. The summed E-state index contributed by atoms with van der Waals surface area (Å²) < 4.78 is 1.07. The average Bonchev–Trinajstić information content (AvgIpc) is 3.13. The van der Waals surface area contributed by atoms with Crippen molar-refractivity contribution in [2.24, 2.45) is 0 Å². The first kappa shape index (κ1) is 16.4. The Kier molecular flexibility index (Phi) is 4.22. The summed E-state index contributed by atoms with van der Waals surface area (Å²) in [7, 11) is 0. The van der Waals surface area contributed by atoms with Crippen LogP contribution in [0.5, 0.6) is 0 Å². The lowest BCUT2D eigenvalue weighted by Crippen LogP contribution is -2.13. The summed E-state index contributed by atoms with van der Waals surface area (Å²) in [5.74, 6) is 0.366. The number of carbonyl (C=O) groups excluding carboxylic acids is 1. The van der Waals surface area contributed by atoms with E-state index in [1.807, 2.05) is 50.2 Å². The number of hydrogen-bond acceptors (Lipinski definition) is 4. The molecule has 4 aromatic rings. The van der Waals surface area contributed by atoms with Crippen molar-refractivity contribution in [1.82, 2.24) is 9.97 Å². The van der Waals surface area contributed by atoms with E-state index in [0.29, 0.717) is 11.4 Å². The molecule has 0 saturated carbocycles. The summed E-state index contributed by atoms with van der Waals surface area (Å²) in [6.07, 6.45) is 0. The van der Waals surface area contributed by atoms with Gasteiger partial charge in [0.1, 0.15) is 5.82 Å². The summed E-state index contributed by atoms with van der Waals surface area (Å²) in [5.41, 5.74) is 7.38. The molecule has 4 nitrogen and oxygen atoms in total. The molecule has 0 radical (unpaired) electrons. The van der Waals surface area contributed by atoms with E-state index < -0.39 is 0 Å². The largest absolute Gasteiger partial charge is 0.307 e. The van der Waals surface area contributed by atoms with E-state index in [-0.39, 0.29) is 5.91 Å². The zero-order valence-corrected chi connectivity index (χ0v) is 15.3. The van der Waals surface area contributed by atoms with Crippen LogP contribution in [-0.4, -0.2) is 15.9 Å². The molecule has 0 aliphatic carbocycles. The van der Waals surface area contributed by atoms with Gasteiger partial charge < -0.3 is 5.32 Å². The third-order valence-corrected chi connectivity index (χ3v) is 5.24. The Morgan fingerprint density at radius 3 is 2.65 bits per heavy atom. The first-order valence-electron chi connectivity index (χ1n) is 8.30. The number of thiazole rings is 1. The highest BCUT2D eigenvalue weighted by Gasteiger charge is 2.12. The number of aryl methyl sites for hydroxylation is 1. The Labute approximate surface area is 155 Å². The summed E-state index contributed by atoms with van der Waals surface area (Å²) in [6.45, 7) is 4.01. The van der Waals surface area contributed by atoms with Crippen molar-refractivity contribution in [2.75, 3.05) is 5.32 Å². The van der Waals surface area contributed by atoms with Crippen LogP contribution >= 0.6 is 11.3 Å². The molecule has 0 aliphatic rings. The number of fused-ring (bicyclic) bond motifs is 1. The van der Waals surface area contributed by atoms with Crippen LogP contribution in [0.4, 0.5) is 5.82 Å². The van der Waals surface area contributed by atoms with Gasteiger partial charge in [-0.2, -0.15) is 0 Å². The molecule has 0 unspecified atom stereocenters. The second kappa shape index (κ2) is 6.69. The van der Waals surface area contributed by atoms with Gasteiger partial charge in [-0.15, -0.1) is 11.3 Å². The van der Waals surface area contributed by atoms with Crippen molar-refractivity contribution in [3.63, 3.8) is 0 Å². The third kappa shape index (κ3) is 3.09. The average molecular weight is 359 g/mol. The number of nitrogens with one attached hydrogen (secondary N) is 1. The van der Waals surface area contributed by atoms with Gasteiger partial charge >= 0.3 is 0 Å². The second-order valence-corrected chi connectivity index (χ2v) is 7.01. The van der Waals surface area contributed by atoms with Crippen molar-refractivity contribution in [1.29, 1.82) is 0 Å². The number of carbonyl (C=O) groups is 1. The molecule has 26 heavy (non-hydrogen) atoms. The van der Waals surface area contributed by atoms with Crippen molar-refractivity contribution in [3.8, 4) is 11.1 Å². The summed E-state index contributed by atoms with van der Waals surface area (Å²) in [6, 6.07) is 17.6. The number of anilines is 1. The van der Waals surface area contributed by atoms with Crippen molar-refractivity contribution in [3.05, 3.63) is 76.9 Å². The van der Waals surface area contributed by atoms with Gasteiger partial charge in [-0.1, -0.05) is 30.3 Å². The van der Waals surface area contributed by atoms with Gasteiger partial charge in [-0.05, 0) is 54.8 Å². The van der Waals surface area contributed by atoms with Crippen LogP contribution in [0.25, 0.3) is 21.3 Å². The molecule has 1 amide bonds. The van der Waals surface area contributed by atoms with Crippen LogP contribution in [0.3, 0.4) is 0 Å². The fourth-order valence-electron chi connectivity index (χ4n) is 2.91. The molecule has 4 rings (SSSR count). The lowest BCUT2D eigenvalue weighted by molar-refractivity contribution is 0.102. The molecule has 0 saturated heterocycles. The minimum absolute atomic E-state index is 0.185. The summed E-state index contributed by atoms with van der Waals surface area (Å²) in [5, 5.41) is 2.92. The maximum atomic E-state index is 12.6. The molecular weight excluding hydrogens is 342 g/mol. The van der Waals surface area contributed by atoms with Crippen LogP contribution in [0, 0.1) is 13.8 Å². The normalized spacial score (nSPS) is 10.8. The standard InChI is InChI=1S/C21H17N3OS/c1-13-14(2)23-20(11-17(13)15-6-4-3-5-7-15)24-21(25)16-8-9-19-18(10-16)22-12-26-19/h3-12H,1-2H3,(H,23,24,25). The van der Waals surface area contributed by atoms with Gasteiger partial charge in [0.2, 0.25) is 0 Å². The van der Waals surface area contributed by atoms with Gasteiger partial charge in [0.05, 0.1) is 15.7 Å². The van der Waals surface area contributed by atoms with Crippen molar-refractivity contribution < 1.29 is 4.79 Å². The van der Waals surface area contributed by atoms with E-state index in [1.165, 1.54) is 0 Å². The Hall–Kier alpha value is -3.05. The maximum absolute atomic E-state index is 12.6. The smallest absolute Gasteiger partial charge is 0.256 e. The molecule has 1 N–H and O–H groups in total. The Morgan fingerprint density at radius 2 is 1.85 bits per heavy atom. The zero-order chi connectivity index (χ0) is 18.1. The maximum Gasteiger partial charge on any atom is 0.256 e. The van der Waals surface area contributed by atoms with Gasteiger partial charge in [-0.3, -0.25) is 4.79 Å². The Bertz CT molecular complexity index is 1100. The minimum atomic E-state index is -0.185. The molecular formula is C21H17N3OS. The lowest BCUT2D eigenvalue weighted by Gasteiger charge is -2.12. The van der Waals surface area contributed by atoms with E-state index in [1.54, 1.807) is 22.9 Å². The molecule has 0 atom stereocenters. The fourth-order valence-corrected chi connectivity index (χ4v) is 3.56. The molecule has 0 spiro atoms.